The van der Waals surface area contributed by atoms with Gasteiger partial charge in [0.1, 0.15) is 7.05 Å². The highest BCUT2D eigenvalue weighted by Crippen LogP contribution is 2.26. The van der Waals surface area contributed by atoms with Gasteiger partial charge in [-0.15, -0.1) is 0 Å². The van der Waals surface area contributed by atoms with Gasteiger partial charge in [-0.3, -0.25) is 0 Å². The zero-order valence-corrected chi connectivity index (χ0v) is 16.6. The third-order valence-corrected chi connectivity index (χ3v) is 4.63. The summed E-state index contributed by atoms with van der Waals surface area (Å²) in [6.07, 6.45) is 4.45. The first-order chi connectivity index (χ1) is 11.7. The molecule has 0 bridgehead atoms. The second-order valence-corrected chi connectivity index (χ2v) is 6.25. The van der Waals surface area contributed by atoms with Crippen LogP contribution in [0, 0.1) is 6.92 Å². The summed E-state index contributed by atoms with van der Waals surface area (Å²) in [6.45, 7) is 2.12. The van der Waals surface area contributed by atoms with E-state index in [-0.39, 0.29) is 24.0 Å². The third kappa shape index (κ3) is 3.31. The number of hydrogen-bond acceptors (Lipinski definition) is 0. The fourth-order valence-corrected chi connectivity index (χ4v) is 3.30. The van der Waals surface area contributed by atoms with Gasteiger partial charge in [-0.25, -0.2) is 0 Å². The van der Waals surface area contributed by atoms with Gasteiger partial charge in [0.2, 0.25) is 11.0 Å². The molecular weight excluding hydrogens is 417 g/mol. The molecule has 2 heteroatoms. The molecule has 1 heterocycles. The summed E-state index contributed by atoms with van der Waals surface area (Å²) in [6, 6.07) is 25.8. The van der Waals surface area contributed by atoms with Gasteiger partial charge in [0.25, 0.3) is 0 Å². The maximum atomic E-state index is 2.27. The van der Waals surface area contributed by atoms with Gasteiger partial charge in [0.05, 0.1) is 10.8 Å². The van der Waals surface area contributed by atoms with Gasteiger partial charge < -0.3 is 24.0 Å². The fraction of sp³-hybridized carbons (Fsp3) is 0.0870. The van der Waals surface area contributed by atoms with Crippen LogP contribution < -0.4 is 28.5 Å². The second kappa shape index (κ2) is 7.36. The van der Waals surface area contributed by atoms with Crippen LogP contribution >= 0.6 is 0 Å². The van der Waals surface area contributed by atoms with E-state index in [1.54, 1.807) is 0 Å². The molecule has 0 saturated carbocycles. The van der Waals surface area contributed by atoms with Gasteiger partial charge in [0.15, 0.2) is 0 Å². The molecule has 0 saturated heterocycles. The van der Waals surface area contributed by atoms with E-state index in [1.165, 1.54) is 38.5 Å². The van der Waals surface area contributed by atoms with Crippen molar-refractivity contribution in [3.05, 3.63) is 89.5 Å². The first-order valence-electron chi connectivity index (χ1n) is 8.28. The maximum Gasteiger partial charge on any atom is 0.213 e. The smallest absolute Gasteiger partial charge is 0.213 e. The van der Waals surface area contributed by atoms with Crippen molar-refractivity contribution in [1.29, 1.82) is 0 Å². The molecule has 0 aliphatic heterocycles. The van der Waals surface area contributed by atoms with E-state index in [0.717, 1.165) is 0 Å². The normalized spacial score (nSPS) is 11.1. The topological polar surface area (TPSA) is 3.88 Å². The predicted molar refractivity (Wildman–Crippen MR) is 103 cm³/mol. The quantitative estimate of drug-likeness (QED) is 0.258. The SMILES string of the molecule is Cc1ccc(/C=C/c2c3ccccc3[n+](C)c3ccccc23)cc1.[I-]. The standard InChI is InChI=1S/C23H20N.HI/c1-17-11-13-18(14-12-17)15-16-19-20-7-3-5-9-22(20)24(2)23-10-6-4-8-21(19)23;/h3-16H,1-2H3;1H/q+1;/p-1/b16-15+;. The van der Waals surface area contributed by atoms with E-state index < -0.39 is 0 Å². The van der Waals surface area contributed by atoms with Crippen LogP contribution in [0.1, 0.15) is 16.7 Å². The van der Waals surface area contributed by atoms with Crippen molar-refractivity contribution in [3.63, 3.8) is 0 Å². The highest BCUT2D eigenvalue weighted by molar-refractivity contribution is 6.01. The number of halogens is 1. The molecular formula is C23H20IN. The number of para-hydroxylation sites is 2. The predicted octanol–water partition coefficient (Wildman–Crippen LogP) is 2.30. The molecule has 124 valence electrons. The number of aromatic nitrogens is 1. The van der Waals surface area contributed by atoms with Crippen LogP contribution in [-0.4, -0.2) is 0 Å². The Morgan fingerprint density at radius 2 is 1.20 bits per heavy atom. The van der Waals surface area contributed by atoms with Crippen LogP contribution in [0.2, 0.25) is 0 Å². The minimum Gasteiger partial charge on any atom is -1.00 e. The first-order valence-corrected chi connectivity index (χ1v) is 8.28. The molecule has 1 aromatic heterocycles. The Morgan fingerprint density at radius 3 is 1.76 bits per heavy atom. The van der Waals surface area contributed by atoms with E-state index in [0.29, 0.717) is 0 Å². The van der Waals surface area contributed by atoms with E-state index >= 15 is 0 Å². The summed E-state index contributed by atoms with van der Waals surface area (Å²) in [4.78, 5) is 0. The first kappa shape index (κ1) is 17.6. The van der Waals surface area contributed by atoms with E-state index in [2.05, 4.69) is 103 Å². The van der Waals surface area contributed by atoms with Crippen LogP contribution in [0.5, 0.6) is 0 Å². The molecule has 0 unspecified atom stereocenters. The number of benzene rings is 3. The van der Waals surface area contributed by atoms with Gasteiger partial charge in [0, 0.05) is 17.7 Å². The number of pyridine rings is 1. The van der Waals surface area contributed by atoms with E-state index in [1.807, 2.05) is 0 Å². The lowest BCUT2D eigenvalue weighted by Crippen LogP contribution is -3.00. The lowest BCUT2D eigenvalue weighted by atomic mass is 10.0. The summed E-state index contributed by atoms with van der Waals surface area (Å²) < 4.78 is 2.27. The minimum absolute atomic E-state index is 0. The Morgan fingerprint density at radius 1 is 0.680 bits per heavy atom. The molecule has 0 fully saturated rings. The largest absolute Gasteiger partial charge is 1.00 e. The molecule has 0 N–H and O–H groups in total. The molecule has 3 aromatic carbocycles. The molecule has 0 amide bonds. The maximum absolute atomic E-state index is 2.27. The average Bonchev–Trinajstić information content (AvgIpc) is 2.63. The molecule has 0 radical (unpaired) electrons. The summed E-state index contributed by atoms with van der Waals surface area (Å²) in [5.74, 6) is 0. The van der Waals surface area contributed by atoms with E-state index in [9.17, 15) is 0 Å². The van der Waals surface area contributed by atoms with E-state index in [4.69, 9.17) is 0 Å². The summed E-state index contributed by atoms with van der Waals surface area (Å²) >= 11 is 0. The summed E-state index contributed by atoms with van der Waals surface area (Å²) in [5.41, 5.74) is 6.29. The molecule has 25 heavy (non-hydrogen) atoms. The van der Waals surface area contributed by atoms with Gasteiger partial charge in [-0.1, -0.05) is 66.2 Å². The monoisotopic (exact) mass is 437 g/mol. The highest BCUT2D eigenvalue weighted by Gasteiger charge is 2.15. The Kier molecular flexibility index (Phi) is 5.19. The lowest BCUT2D eigenvalue weighted by Gasteiger charge is -2.07. The number of aryl methyl sites for hydroxylation is 2. The van der Waals surface area contributed by atoms with Crippen LogP contribution in [0.3, 0.4) is 0 Å². The van der Waals surface area contributed by atoms with Gasteiger partial charge >= 0.3 is 0 Å². The van der Waals surface area contributed by atoms with Gasteiger partial charge in [-0.2, -0.15) is 4.57 Å². The number of nitrogens with zero attached hydrogens (tertiary/aromatic N) is 1. The molecule has 0 aliphatic rings. The average molecular weight is 437 g/mol. The third-order valence-electron chi connectivity index (χ3n) is 4.63. The number of hydrogen-bond donors (Lipinski definition) is 0. The summed E-state index contributed by atoms with van der Waals surface area (Å²) in [7, 11) is 2.14. The molecule has 0 atom stereocenters. The fourth-order valence-electron chi connectivity index (χ4n) is 3.30. The Balaban J connectivity index is 0.00000182. The molecule has 4 aromatic rings. The van der Waals surface area contributed by atoms with Crippen molar-refractivity contribution in [2.45, 2.75) is 6.92 Å². The van der Waals surface area contributed by atoms with Crippen molar-refractivity contribution in [2.24, 2.45) is 7.05 Å². The molecule has 4 rings (SSSR count). The zero-order valence-electron chi connectivity index (χ0n) is 14.4. The van der Waals surface area contributed by atoms with Crippen LogP contribution in [0.4, 0.5) is 0 Å². The van der Waals surface area contributed by atoms with Crippen molar-refractivity contribution < 1.29 is 28.5 Å². The van der Waals surface area contributed by atoms with Crippen LogP contribution in [0.25, 0.3) is 34.0 Å². The molecule has 0 aliphatic carbocycles. The highest BCUT2D eigenvalue weighted by atomic mass is 127. The summed E-state index contributed by atoms with van der Waals surface area (Å²) in [5, 5.41) is 2.56. The van der Waals surface area contributed by atoms with Gasteiger partial charge in [-0.05, 0) is 24.6 Å². The zero-order chi connectivity index (χ0) is 16.5. The molecule has 1 nitrogen and oxygen atoms in total. The lowest BCUT2D eigenvalue weighted by molar-refractivity contribution is -0.617. The Bertz CT molecular complexity index is 1010. The van der Waals surface area contributed by atoms with Crippen molar-refractivity contribution in [2.75, 3.05) is 0 Å². The Labute approximate surface area is 165 Å². The Hall–Kier alpha value is -2.20. The minimum atomic E-state index is 0. The number of rotatable bonds is 2. The van der Waals surface area contributed by atoms with Crippen molar-refractivity contribution in [1.82, 2.24) is 0 Å². The second-order valence-electron chi connectivity index (χ2n) is 6.25. The molecule has 0 spiro atoms. The van der Waals surface area contributed by atoms with Crippen molar-refractivity contribution in [3.8, 4) is 0 Å². The van der Waals surface area contributed by atoms with Crippen LogP contribution in [0.15, 0.2) is 72.8 Å². The van der Waals surface area contributed by atoms with Crippen molar-refractivity contribution >= 4 is 34.0 Å². The van der Waals surface area contributed by atoms with Crippen LogP contribution in [-0.2, 0) is 7.05 Å². The number of fused-ring (bicyclic) bond motifs is 2.